The first-order chi connectivity index (χ1) is 7.26. The molecule has 1 unspecified atom stereocenters. The van der Waals surface area contributed by atoms with Gasteiger partial charge in [-0.2, -0.15) is 0 Å². The van der Waals surface area contributed by atoms with Crippen molar-refractivity contribution >= 4 is 21.7 Å². The van der Waals surface area contributed by atoms with Crippen LogP contribution in [0.15, 0.2) is 0 Å². The molecule has 1 atom stereocenters. The van der Waals surface area contributed by atoms with Gasteiger partial charge in [-0.3, -0.25) is 9.59 Å². The smallest absolute Gasteiger partial charge is 0.321 e. The zero-order chi connectivity index (χ0) is 12.9. The number of hydrogen-bond acceptors (Lipinski definition) is 4. The van der Waals surface area contributed by atoms with E-state index in [1.807, 2.05) is 0 Å². The lowest BCUT2D eigenvalue weighted by Gasteiger charge is -2.19. The molecule has 6 nitrogen and oxygen atoms in total. The first-order valence-corrected chi connectivity index (χ1v) is 6.69. The second-order valence-corrected chi connectivity index (χ2v) is 5.68. The maximum Gasteiger partial charge on any atom is 0.321 e. The van der Waals surface area contributed by atoms with Crippen molar-refractivity contribution in [3.63, 3.8) is 0 Å². The molecule has 0 heterocycles. The van der Waals surface area contributed by atoms with E-state index in [9.17, 15) is 18.0 Å². The number of hydrogen-bond donors (Lipinski definition) is 1. The lowest BCUT2D eigenvalue weighted by Crippen LogP contribution is -2.39. The molecule has 0 radical (unpaired) electrons. The van der Waals surface area contributed by atoms with E-state index < -0.39 is 32.7 Å². The van der Waals surface area contributed by atoms with E-state index in [0.29, 0.717) is 13.1 Å². The average molecular weight is 251 g/mol. The van der Waals surface area contributed by atoms with Crippen molar-refractivity contribution in [2.24, 2.45) is 0 Å². The van der Waals surface area contributed by atoms with Crippen molar-refractivity contribution in [2.75, 3.05) is 18.8 Å². The highest BCUT2D eigenvalue weighted by molar-refractivity contribution is 7.93. The average Bonchev–Trinajstić information content (AvgIpc) is 2.17. The van der Waals surface area contributed by atoms with Gasteiger partial charge in [-0.15, -0.1) is 0 Å². The molecule has 0 bridgehead atoms. The predicted octanol–water partition coefficient (Wildman–Crippen LogP) is -0.257. The fourth-order valence-corrected chi connectivity index (χ4v) is 2.20. The minimum atomic E-state index is -3.91. The van der Waals surface area contributed by atoms with Crippen molar-refractivity contribution in [1.29, 1.82) is 0 Å². The Labute approximate surface area is 95.2 Å². The molecule has 0 fully saturated rings. The Balaban J connectivity index is 4.73. The quantitative estimate of drug-likeness (QED) is 0.702. The Kier molecular flexibility index (Phi) is 5.43. The second kappa shape index (κ2) is 5.83. The molecule has 0 spiro atoms. The predicted molar refractivity (Wildman–Crippen MR) is 58.8 cm³/mol. The number of aliphatic carboxylic acids is 1. The molecule has 0 aliphatic heterocycles. The number of nitrogens with zero attached hydrogens (tertiary/aromatic N) is 1. The van der Waals surface area contributed by atoms with E-state index in [1.54, 1.807) is 13.8 Å². The number of carboxylic acids is 1. The molecule has 1 N–H and O–H groups in total. The van der Waals surface area contributed by atoms with Crippen molar-refractivity contribution in [3.05, 3.63) is 0 Å². The lowest BCUT2D eigenvalue weighted by atomic mass is 10.5. The fraction of sp³-hybridized carbons (Fsp3) is 0.778. The van der Waals surface area contributed by atoms with Gasteiger partial charge in [-0.05, 0) is 20.8 Å². The SMILES string of the molecule is CCN(CC)C(=O)CS(=O)(=O)C(C)C(=O)O. The zero-order valence-corrected chi connectivity index (χ0v) is 10.5. The summed E-state index contributed by atoms with van der Waals surface area (Å²) in [6.07, 6.45) is 0. The van der Waals surface area contributed by atoms with Crippen LogP contribution in [0.4, 0.5) is 0 Å². The summed E-state index contributed by atoms with van der Waals surface area (Å²) in [5.74, 6) is -2.74. The Hall–Kier alpha value is -1.11. The van der Waals surface area contributed by atoms with Crippen molar-refractivity contribution < 1.29 is 23.1 Å². The first-order valence-electron chi connectivity index (χ1n) is 4.98. The molecular formula is C9H17NO5S. The topological polar surface area (TPSA) is 91.8 Å². The molecule has 16 heavy (non-hydrogen) atoms. The third-order valence-electron chi connectivity index (χ3n) is 2.33. The van der Waals surface area contributed by atoms with Crippen molar-refractivity contribution in [3.8, 4) is 0 Å². The molecule has 0 aliphatic rings. The van der Waals surface area contributed by atoms with Gasteiger partial charge in [-0.1, -0.05) is 0 Å². The summed E-state index contributed by atoms with van der Waals surface area (Å²) in [5, 5.41) is 7.03. The van der Waals surface area contributed by atoms with Gasteiger partial charge in [0.05, 0.1) is 0 Å². The van der Waals surface area contributed by atoms with Crippen LogP contribution in [-0.4, -0.2) is 54.4 Å². The van der Waals surface area contributed by atoms with Crippen LogP contribution in [0.1, 0.15) is 20.8 Å². The molecule has 0 saturated heterocycles. The minimum Gasteiger partial charge on any atom is -0.480 e. The highest BCUT2D eigenvalue weighted by atomic mass is 32.2. The van der Waals surface area contributed by atoms with Gasteiger partial charge in [0.2, 0.25) is 5.91 Å². The van der Waals surface area contributed by atoms with Crippen LogP contribution in [-0.2, 0) is 19.4 Å². The number of carboxylic acid groups (broad SMARTS) is 1. The molecular weight excluding hydrogens is 234 g/mol. The monoisotopic (exact) mass is 251 g/mol. The minimum absolute atomic E-state index is 0.409. The molecule has 94 valence electrons. The van der Waals surface area contributed by atoms with E-state index in [0.717, 1.165) is 6.92 Å². The maximum absolute atomic E-state index is 11.5. The normalized spacial score (nSPS) is 13.2. The number of amides is 1. The molecule has 0 aliphatic carbocycles. The number of rotatable bonds is 6. The summed E-state index contributed by atoms with van der Waals surface area (Å²) in [6.45, 7) is 5.34. The molecule has 7 heteroatoms. The third-order valence-corrected chi connectivity index (χ3v) is 4.26. The Morgan fingerprint density at radius 2 is 1.69 bits per heavy atom. The van der Waals surface area contributed by atoms with E-state index in [4.69, 9.17) is 5.11 Å². The van der Waals surface area contributed by atoms with Gasteiger partial charge in [0.25, 0.3) is 0 Å². The summed E-state index contributed by atoms with van der Waals surface area (Å²) in [5.41, 5.74) is 0. The molecule has 0 rings (SSSR count). The summed E-state index contributed by atoms with van der Waals surface area (Å²) < 4.78 is 23.0. The summed E-state index contributed by atoms with van der Waals surface area (Å²) >= 11 is 0. The van der Waals surface area contributed by atoms with Crippen LogP contribution in [0.2, 0.25) is 0 Å². The van der Waals surface area contributed by atoms with Gasteiger partial charge in [0.1, 0.15) is 5.75 Å². The van der Waals surface area contributed by atoms with Crippen LogP contribution in [0.5, 0.6) is 0 Å². The highest BCUT2D eigenvalue weighted by Crippen LogP contribution is 2.04. The fourth-order valence-electron chi connectivity index (χ4n) is 1.12. The standard InChI is InChI=1S/C9H17NO5S/c1-4-10(5-2)8(11)6-16(14,15)7(3)9(12)13/h7H,4-6H2,1-3H3,(H,12,13). The number of carbonyl (C=O) groups excluding carboxylic acids is 1. The summed E-state index contributed by atoms with van der Waals surface area (Å²) in [7, 11) is -3.91. The Morgan fingerprint density at radius 3 is 2.00 bits per heavy atom. The molecule has 0 aromatic heterocycles. The lowest BCUT2D eigenvalue weighted by molar-refractivity contribution is -0.136. The van der Waals surface area contributed by atoms with Crippen LogP contribution >= 0.6 is 0 Å². The van der Waals surface area contributed by atoms with Gasteiger partial charge in [-0.25, -0.2) is 8.42 Å². The second-order valence-electron chi connectivity index (χ2n) is 3.35. The summed E-state index contributed by atoms with van der Waals surface area (Å²) in [6, 6.07) is 0. The van der Waals surface area contributed by atoms with Crippen LogP contribution in [0.3, 0.4) is 0 Å². The molecule has 1 amide bonds. The van der Waals surface area contributed by atoms with Crippen LogP contribution in [0, 0.1) is 0 Å². The highest BCUT2D eigenvalue weighted by Gasteiger charge is 2.31. The van der Waals surface area contributed by atoms with E-state index >= 15 is 0 Å². The van der Waals surface area contributed by atoms with E-state index in [1.165, 1.54) is 4.90 Å². The number of sulfone groups is 1. The van der Waals surface area contributed by atoms with Gasteiger partial charge in [0, 0.05) is 13.1 Å². The molecule has 0 aromatic carbocycles. The van der Waals surface area contributed by atoms with Gasteiger partial charge >= 0.3 is 5.97 Å². The van der Waals surface area contributed by atoms with Gasteiger partial charge < -0.3 is 10.0 Å². The van der Waals surface area contributed by atoms with E-state index in [2.05, 4.69) is 0 Å². The molecule has 0 saturated carbocycles. The zero-order valence-electron chi connectivity index (χ0n) is 9.63. The van der Waals surface area contributed by atoms with Crippen molar-refractivity contribution in [1.82, 2.24) is 4.90 Å². The van der Waals surface area contributed by atoms with E-state index in [-0.39, 0.29) is 0 Å². The first kappa shape index (κ1) is 14.9. The largest absolute Gasteiger partial charge is 0.480 e. The Bertz CT molecular complexity index is 358. The summed E-state index contributed by atoms with van der Waals surface area (Å²) in [4.78, 5) is 23.4. The Morgan fingerprint density at radius 1 is 1.25 bits per heavy atom. The van der Waals surface area contributed by atoms with Gasteiger partial charge in [0.15, 0.2) is 15.1 Å². The third kappa shape index (κ3) is 3.80. The number of carbonyl (C=O) groups is 2. The maximum atomic E-state index is 11.5. The van der Waals surface area contributed by atoms with Crippen molar-refractivity contribution in [2.45, 2.75) is 26.0 Å². The van der Waals surface area contributed by atoms with Crippen LogP contribution < -0.4 is 0 Å². The molecule has 0 aromatic rings. The van der Waals surface area contributed by atoms with Crippen LogP contribution in [0.25, 0.3) is 0 Å².